The maximum absolute atomic E-state index is 2.46. The van der Waals surface area contributed by atoms with Crippen molar-refractivity contribution < 1.29 is 0 Å². The molecule has 2 aromatic carbocycles. The molecule has 2 rings (SSSR count). The molecular weight excluding hydrogens is 420 g/mol. The smallest absolute Gasteiger partial charge is 0.0126 e. The zero-order valence-electron chi connectivity index (χ0n) is 26.2. The van der Waals surface area contributed by atoms with Crippen LogP contribution in [-0.2, 0) is 33.5 Å². The lowest BCUT2D eigenvalue weighted by Gasteiger charge is -2.38. The SMILES string of the molecule is CC(Cc1c(C(C)(C)C)ccc(C(C)(C)C)c1C(C)(C)C)c1cccc(C(C)(C)C)c1C(C)(C)C. The normalized spacial score (nSPS) is 14.9. The van der Waals surface area contributed by atoms with Crippen LogP contribution >= 0.6 is 0 Å². The molecule has 0 heteroatoms. The topological polar surface area (TPSA) is 0 Å². The van der Waals surface area contributed by atoms with E-state index in [0.29, 0.717) is 5.92 Å². The molecule has 0 heterocycles. The minimum absolute atomic E-state index is 0.0824. The molecule has 2 aromatic rings. The molecule has 0 bridgehead atoms. The Labute approximate surface area is 219 Å². The molecule has 0 spiro atoms. The van der Waals surface area contributed by atoms with Gasteiger partial charge in [-0.1, -0.05) is 141 Å². The van der Waals surface area contributed by atoms with Crippen molar-refractivity contribution in [1.29, 1.82) is 0 Å². The lowest BCUT2D eigenvalue weighted by Crippen LogP contribution is -2.28. The molecular formula is C35H56. The minimum atomic E-state index is 0.0824. The standard InChI is InChI=1S/C35H56/c1-23(24-18-17-19-27(32(5,6)7)29(24)34(11,12)13)22-25-26(31(2,3)4)20-21-28(33(8,9)10)30(25)35(14,15)16/h17-21,23H,22H2,1-16H3. The fourth-order valence-corrected chi connectivity index (χ4v) is 5.90. The number of benzene rings is 2. The highest BCUT2D eigenvalue weighted by atomic mass is 14.4. The molecule has 0 fully saturated rings. The molecule has 1 atom stereocenters. The fourth-order valence-electron chi connectivity index (χ4n) is 5.90. The van der Waals surface area contributed by atoms with Crippen molar-refractivity contribution in [3.8, 4) is 0 Å². The first kappa shape index (κ1) is 29.7. The van der Waals surface area contributed by atoms with Crippen molar-refractivity contribution in [3.63, 3.8) is 0 Å². The van der Waals surface area contributed by atoms with Gasteiger partial charge in [-0.2, -0.15) is 0 Å². The molecule has 35 heavy (non-hydrogen) atoms. The Balaban J connectivity index is 2.88. The van der Waals surface area contributed by atoms with Gasteiger partial charge >= 0.3 is 0 Å². The molecule has 196 valence electrons. The molecule has 0 nitrogen and oxygen atoms in total. The average Bonchev–Trinajstić information content (AvgIpc) is 2.63. The van der Waals surface area contributed by atoms with E-state index >= 15 is 0 Å². The lowest BCUT2D eigenvalue weighted by atomic mass is 9.67. The summed E-state index contributed by atoms with van der Waals surface area (Å²) >= 11 is 0. The Morgan fingerprint density at radius 2 is 0.886 bits per heavy atom. The van der Waals surface area contributed by atoms with Crippen molar-refractivity contribution in [2.45, 2.75) is 150 Å². The van der Waals surface area contributed by atoms with Gasteiger partial charge in [0.15, 0.2) is 0 Å². The van der Waals surface area contributed by atoms with Gasteiger partial charge in [-0.15, -0.1) is 0 Å². The van der Waals surface area contributed by atoms with Gasteiger partial charge in [-0.25, -0.2) is 0 Å². The summed E-state index contributed by atoms with van der Waals surface area (Å²) in [5.74, 6) is 0.434. The lowest BCUT2D eigenvalue weighted by molar-refractivity contribution is 0.504. The third-order valence-electron chi connectivity index (χ3n) is 7.37. The Hall–Kier alpha value is -1.56. The Bertz CT molecular complexity index is 1030. The molecule has 0 radical (unpaired) electrons. The Morgan fingerprint density at radius 3 is 1.29 bits per heavy atom. The van der Waals surface area contributed by atoms with E-state index in [0.717, 1.165) is 6.42 Å². The van der Waals surface area contributed by atoms with Crippen LogP contribution < -0.4 is 0 Å². The summed E-state index contributed by atoms with van der Waals surface area (Å²) in [6.45, 7) is 38.1. The third-order valence-corrected chi connectivity index (χ3v) is 7.37. The van der Waals surface area contributed by atoms with E-state index in [1.165, 1.54) is 22.3 Å². The minimum Gasteiger partial charge on any atom is -0.0617 e. The van der Waals surface area contributed by atoms with Crippen LogP contribution in [0.15, 0.2) is 30.3 Å². The van der Waals surface area contributed by atoms with Crippen LogP contribution in [0.25, 0.3) is 0 Å². The van der Waals surface area contributed by atoms with Gasteiger partial charge in [0.1, 0.15) is 0 Å². The molecule has 0 saturated carbocycles. The summed E-state index contributed by atoms with van der Waals surface area (Å²) in [4.78, 5) is 0. The maximum Gasteiger partial charge on any atom is -0.0126 e. The van der Waals surface area contributed by atoms with E-state index in [1.807, 2.05) is 0 Å². The van der Waals surface area contributed by atoms with Gasteiger partial charge in [-0.05, 0) is 78.4 Å². The van der Waals surface area contributed by atoms with Crippen molar-refractivity contribution >= 4 is 0 Å². The van der Waals surface area contributed by atoms with Crippen LogP contribution in [-0.4, -0.2) is 0 Å². The average molecular weight is 477 g/mol. The Morgan fingerprint density at radius 1 is 0.486 bits per heavy atom. The summed E-state index contributed by atoms with van der Waals surface area (Å²) in [6.07, 6.45) is 1.07. The molecule has 0 aliphatic heterocycles. The number of rotatable bonds is 3. The first-order valence-electron chi connectivity index (χ1n) is 13.8. The van der Waals surface area contributed by atoms with Crippen LogP contribution in [0, 0.1) is 0 Å². The van der Waals surface area contributed by atoms with Crippen LogP contribution in [0.5, 0.6) is 0 Å². The first-order chi connectivity index (χ1) is 15.5. The van der Waals surface area contributed by atoms with E-state index in [-0.39, 0.29) is 27.1 Å². The van der Waals surface area contributed by atoms with Gasteiger partial charge in [0, 0.05) is 0 Å². The highest BCUT2D eigenvalue weighted by molar-refractivity contribution is 5.52. The van der Waals surface area contributed by atoms with E-state index in [4.69, 9.17) is 0 Å². The van der Waals surface area contributed by atoms with Gasteiger partial charge < -0.3 is 0 Å². The number of hydrogen-bond donors (Lipinski definition) is 0. The summed E-state index contributed by atoms with van der Waals surface area (Å²) in [5.41, 5.74) is 11.2. The summed E-state index contributed by atoms with van der Waals surface area (Å²) < 4.78 is 0. The van der Waals surface area contributed by atoms with Gasteiger partial charge in [0.05, 0.1) is 0 Å². The second-order valence-electron chi connectivity index (χ2n) is 16.1. The van der Waals surface area contributed by atoms with Gasteiger partial charge in [0.2, 0.25) is 0 Å². The largest absolute Gasteiger partial charge is 0.0617 e. The van der Waals surface area contributed by atoms with Crippen LogP contribution in [0.4, 0.5) is 0 Å². The highest BCUT2D eigenvalue weighted by Crippen LogP contribution is 2.44. The van der Waals surface area contributed by atoms with Gasteiger partial charge in [0.25, 0.3) is 0 Å². The summed E-state index contributed by atoms with van der Waals surface area (Å²) in [6, 6.07) is 11.9. The van der Waals surface area contributed by atoms with Crippen LogP contribution in [0.3, 0.4) is 0 Å². The van der Waals surface area contributed by atoms with E-state index in [1.54, 1.807) is 16.7 Å². The quantitative estimate of drug-likeness (QED) is 0.413. The highest BCUT2D eigenvalue weighted by Gasteiger charge is 2.34. The summed E-state index contributed by atoms with van der Waals surface area (Å²) in [5, 5.41) is 0. The van der Waals surface area contributed by atoms with E-state index in [9.17, 15) is 0 Å². The van der Waals surface area contributed by atoms with Crippen molar-refractivity contribution in [2.75, 3.05) is 0 Å². The third kappa shape index (κ3) is 6.61. The van der Waals surface area contributed by atoms with Crippen LogP contribution in [0.1, 0.15) is 156 Å². The van der Waals surface area contributed by atoms with Crippen LogP contribution in [0.2, 0.25) is 0 Å². The zero-order valence-corrected chi connectivity index (χ0v) is 26.2. The maximum atomic E-state index is 2.46. The summed E-state index contributed by atoms with van der Waals surface area (Å²) in [7, 11) is 0. The fraction of sp³-hybridized carbons (Fsp3) is 0.657. The molecule has 0 saturated heterocycles. The second kappa shape index (κ2) is 9.39. The first-order valence-corrected chi connectivity index (χ1v) is 13.8. The molecule has 0 amide bonds. The molecule has 0 N–H and O–H groups in total. The monoisotopic (exact) mass is 476 g/mol. The van der Waals surface area contributed by atoms with Crippen molar-refractivity contribution in [3.05, 3.63) is 69.3 Å². The molecule has 0 aliphatic rings. The zero-order chi connectivity index (χ0) is 27.4. The van der Waals surface area contributed by atoms with Gasteiger partial charge in [-0.3, -0.25) is 0 Å². The van der Waals surface area contributed by atoms with Crippen molar-refractivity contribution in [1.82, 2.24) is 0 Å². The van der Waals surface area contributed by atoms with Crippen molar-refractivity contribution in [2.24, 2.45) is 0 Å². The predicted molar refractivity (Wildman–Crippen MR) is 159 cm³/mol. The Kier molecular flexibility index (Phi) is 7.96. The molecule has 1 unspecified atom stereocenters. The second-order valence-corrected chi connectivity index (χ2v) is 16.1. The predicted octanol–water partition coefficient (Wildman–Crippen LogP) is 10.5. The molecule has 0 aliphatic carbocycles. The van der Waals surface area contributed by atoms with E-state index < -0.39 is 0 Å². The van der Waals surface area contributed by atoms with E-state index in [2.05, 4.69) is 141 Å². The molecule has 0 aromatic heterocycles. The number of hydrogen-bond acceptors (Lipinski definition) is 0.